The normalized spacial score (nSPS) is 11.8. The highest BCUT2D eigenvalue weighted by atomic mass is 32.2. The molecule has 10 heteroatoms. The third-order valence-electron chi connectivity index (χ3n) is 5.29. The second kappa shape index (κ2) is 7.99. The van der Waals surface area contributed by atoms with E-state index in [0.717, 1.165) is 39.7 Å². The number of unbranched alkanes of at least 4 members (excludes halogenated alkanes) is 1. The van der Waals surface area contributed by atoms with Gasteiger partial charge in [0.1, 0.15) is 21.5 Å². The zero-order valence-corrected chi connectivity index (χ0v) is 19.3. The maximum absolute atomic E-state index is 12.4. The molecule has 0 radical (unpaired) electrons. The van der Waals surface area contributed by atoms with Crippen molar-refractivity contribution in [1.29, 1.82) is 0 Å². The number of rotatable bonds is 6. The summed E-state index contributed by atoms with van der Waals surface area (Å²) in [4.78, 5) is 43.3. The summed E-state index contributed by atoms with van der Waals surface area (Å²) in [6, 6.07) is 0. The fourth-order valence-electron chi connectivity index (χ4n) is 3.50. The zero-order chi connectivity index (χ0) is 21.6. The standard InChI is InChI=1S/C20H24N6O2S2/c1-6-7-8-26-16-15(17(27)24-20(26)28)25(5)13(23-16)9-29-18-14-10(2)11(3)30-19(14)22-12(4)21-18/h6-9H2,1-5H3,(H,24,27,28). The molecule has 0 unspecified atom stereocenters. The van der Waals surface area contributed by atoms with Gasteiger partial charge in [0.05, 0.1) is 5.75 Å². The molecule has 0 aliphatic rings. The number of nitrogens with zero attached hydrogens (tertiary/aromatic N) is 5. The molecule has 0 atom stereocenters. The second-order valence-electron chi connectivity index (χ2n) is 7.35. The molecule has 0 aromatic carbocycles. The molecule has 0 spiro atoms. The number of aromatic amines is 1. The molecule has 1 N–H and O–H groups in total. The van der Waals surface area contributed by atoms with Crippen molar-refractivity contribution in [2.75, 3.05) is 0 Å². The zero-order valence-electron chi connectivity index (χ0n) is 17.7. The van der Waals surface area contributed by atoms with Crippen LogP contribution in [-0.2, 0) is 19.3 Å². The topological polar surface area (TPSA) is 98.5 Å². The lowest BCUT2D eigenvalue weighted by Crippen LogP contribution is -2.31. The van der Waals surface area contributed by atoms with Gasteiger partial charge in [-0.25, -0.2) is 19.7 Å². The fourth-order valence-corrected chi connectivity index (χ4v) is 5.75. The van der Waals surface area contributed by atoms with Crippen LogP contribution in [-0.4, -0.2) is 29.1 Å². The number of fused-ring (bicyclic) bond motifs is 2. The number of thioether (sulfide) groups is 1. The molecule has 0 aliphatic heterocycles. The van der Waals surface area contributed by atoms with E-state index in [4.69, 9.17) is 0 Å². The molecular weight excluding hydrogens is 420 g/mol. The Balaban J connectivity index is 1.76. The van der Waals surface area contributed by atoms with Gasteiger partial charge < -0.3 is 4.57 Å². The van der Waals surface area contributed by atoms with E-state index in [2.05, 4.69) is 40.7 Å². The van der Waals surface area contributed by atoms with E-state index in [1.165, 1.54) is 10.4 Å². The smallest absolute Gasteiger partial charge is 0.325 e. The molecular formula is C20H24N6O2S2. The third-order valence-corrected chi connectivity index (χ3v) is 7.36. The summed E-state index contributed by atoms with van der Waals surface area (Å²) >= 11 is 3.26. The summed E-state index contributed by atoms with van der Waals surface area (Å²) < 4.78 is 3.34. The van der Waals surface area contributed by atoms with Crippen molar-refractivity contribution in [3.05, 3.63) is 42.9 Å². The first-order valence-corrected chi connectivity index (χ1v) is 11.7. The van der Waals surface area contributed by atoms with Gasteiger partial charge in [-0.3, -0.25) is 14.3 Å². The van der Waals surface area contributed by atoms with Crippen molar-refractivity contribution < 1.29 is 0 Å². The summed E-state index contributed by atoms with van der Waals surface area (Å²) in [5, 5.41) is 2.01. The highest BCUT2D eigenvalue weighted by Gasteiger charge is 2.18. The van der Waals surface area contributed by atoms with Gasteiger partial charge in [0.2, 0.25) is 0 Å². The van der Waals surface area contributed by atoms with E-state index in [1.807, 2.05) is 14.0 Å². The highest BCUT2D eigenvalue weighted by Crippen LogP contribution is 2.36. The van der Waals surface area contributed by atoms with Gasteiger partial charge in [-0.2, -0.15) is 0 Å². The Morgan fingerprint density at radius 1 is 1.13 bits per heavy atom. The fraction of sp³-hybridized carbons (Fsp3) is 0.450. The molecule has 4 aromatic rings. The number of hydrogen-bond donors (Lipinski definition) is 1. The molecule has 4 heterocycles. The number of nitrogens with one attached hydrogen (secondary N) is 1. The van der Waals surface area contributed by atoms with Gasteiger partial charge in [0, 0.05) is 23.9 Å². The summed E-state index contributed by atoms with van der Waals surface area (Å²) in [6.45, 7) is 8.68. The average molecular weight is 445 g/mol. The first-order valence-electron chi connectivity index (χ1n) is 9.87. The third kappa shape index (κ3) is 3.47. The minimum absolute atomic E-state index is 0.404. The number of imidazole rings is 1. The number of hydrogen-bond acceptors (Lipinski definition) is 7. The SMILES string of the molecule is CCCCn1c(=O)[nH]c(=O)c2c1nc(CSc1nc(C)nc3sc(C)c(C)c13)n2C. The Hall–Kier alpha value is -2.46. The summed E-state index contributed by atoms with van der Waals surface area (Å²) in [5.74, 6) is 2.00. The molecule has 158 valence electrons. The quantitative estimate of drug-likeness (QED) is 0.361. The average Bonchev–Trinajstić information content (AvgIpc) is 3.16. The van der Waals surface area contributed by atoms with Gasteiger partial charge >= 0.3 is 5.69 Å². The van der Waals surface area contributed by atoms with E-state index < -0.39 is 11.2 Å². The predicted molar refractivity (Wildman–Crippen MR) is 122 cm³/mol. The van der Waals surface area contributed by atoms with Gasteiger partial charge in [-0.15, -0.1) is 11.3 Å². The van der Waals surface area contributed by atoms with Gasteiger partial charge in [-0.1, -0.05) is 25.1 Å². The largest absolute Gasteiger partial charge is 0.330 e. The Morgan fingerprint density at radius 3 is 2.63 bits per heavy atom. The van der Waals surface area contributed by atoms with Crippen LogP contribution >= 0.6 is 23.1 Å². The Bertz CT molecular complexity index is 1380. The summed E-state index contributed by atoms with van der Waals surface area (Å²) in [7, 11) is 1.82. The van der Waals surface area contributed by atoms with Crippen LogP contribution in [0, 0.1) is 20.8 Å². The first-order chi connectivity index (χ1) is 14.3. The number of thiophene rings is 1. The summed E-state index contributed by atoms with van der Waals surface area (Å²) in [5.41, 5.74) is 1.26. The van der Waals surface area contributed by atoms with Crippen molar-refractivity contribution in [3.63, 3.8) is 0 Å². The van der Waals surface area contributed by atoms with E-state index in [1.54, 1.807) is 32.2 Å². The van der Waals surface area contributed by atoms with Gasteiger partial charge in [0.15, 0.2) is 11.2 Å². The number of aryl methyl sites for hydroxylation is 5. The molecule has 0 aliphatic carbocycles. The molecule has 30 heavy (non-hydrogen) atoms. The lowest BCUT2D eigenvalue weighted by molar-refractivity contribution is 0.613. The lowest BCUT2D eigenvalue weighted by atomic mass is 10.2. The highest BCUT2D eigenvalue weighted by molar-refractivity contribution is 7.98. The molecule has 0 fully saturated rings. The second-order valence-corrected chi connectivity index (χ2v) is 9.52. The van der Waals surface area contributed by atoms with Crippen molar-refractivity contribution in [3.8, 4) is 0 Å². The van der Waals surface area contributed by atoms with Gasteiger partial charge in [0.25, 0.3) is 5.56 Å². The van der Waals surface area contributed by atoms with E-state index in [9.17, 15) is 9.59 Å². The van der Waals surface area contributed by atoms with Crippen LogP contribution in [0.3, 0.4) is 0 Å². The Labute approximate surface area is 181 Å². The molecule has 0 bridgehead atoms. The van der Waals surface area contributed by atoms with Crippen LogP contribution in [0.15, 0.2) is 14.6 Å². The molecule has 0 saturated heterocycles. The molecule has 0 amide bonds. The first kappa shape index (κ1) is 20.8. The monoisotopic (exact) mass is 444 g/mol. The van der Waals surface area contributed by atoms with Crippen LogP contribution in [0.2, 0.25) is 0 Å². The Morgan fingerprint density at radius 2 is 1.90 bits per heavy atom. The van der Waals surface area contributed by atoms with Crippen molar-refractivity contribution >= 4 is 44.5 Å². The molecule has 4 aromatic heterocycles. The van der Waals surface area contributed by atoms with Crippen LogP contribution < -0.4 is 11.2 Å². The Kier molecular flexibility index (Phi) is 5.54. The van der Waals surface area contributed by atoms with Crippen LogP contribution in [0.25, 0.3) is 21.4 Å². The summed E-state index contributed by atoms with van der Waals surface area (Å²) in [6.07, 6.45) is 1.79. The van der Waals surface area contributed by atoms with Crippen molar-refractivity contribution in [1.82, 2.24) is 29.1 Å². The van der Waals surface area contributed by atoms with Crippen LogP contribution in [0.5, 0.6) is 0 Å². The van der Waals surface area contributed by atoms with E-state index >= 15 is 0 Å². The lowest BCUT2D eigenvalue weighted by Gasteiger charge is -2.05. The minimum atomic E-state index is -0.407. The van der Waals surface area contributed by atoms with Crippen LogP contribution in [0.1, 0.15) is 41.9 Å². The molecule has 8 nitrogen and oxygen atoms in total. The number of H-pyrrole nitrogens is 1. The van der Waals surface area contributed by atoms with Crippen molar-refractivity contribution in [2.24, 2.45) is 7.05 Å². The minimum Gasteiger partial charge on any atom is -0.325 e. The molecule has 4 rings (SSSR count). The van der Waals surface area contributed by atoms with E-state index in [-0.39, 0.29) is 0 Å². The maximum atomic E-state index is 12.4. The van der Waals surface area contributed by atoms with E-state index in [0.29, 0.717) is 23.5 Å². The maximum Gasteiger partial charge on any atom is 0.330 e. The van der Waals surface area contributed by atoms with Crippen molar-refractivity contribution in [2.45, 2.75) is 57.9 Å². The number of aromatic nitrogens is 6. The van der Waals surface area contributed by atoms with Crippen LogP contribution in [0.4, 0.5) is 0 Å². The van der Waals surface area contributed by atoms with Gasteiger partial charge in [-0.05, 0) is 32.8 Å². The predicted octanol–water partition coefficient (Wildman–Crippen LogP) is 3.45. The molecule has 0 saturated carbocycles.